The maximum absolute atomic E-state index is 14.0. The Bertz CT molecular complexity index is 1760. The molecule has 1 atom stereocenters. The number of hydrogen-bond acceptors (Lipinski definition) is 10. The number of nitro groups is 1. The lowest BCUT2D eigenvalue weighted by atomic mass is 9.95. The summed E-state index contributed by atoms with van der Waals surface area (Å²) < 4.78 is 24.3. The summed E-state index contributed by atoms with van der Waals surface area (Å²) >= 11 is 4.46. The molecule has 1 aliphatic rings. The number of nitrogens with zero attached hydrogens (tertiary/aromatic N) is 3. The lowest BCUT2D eigenvalue weighted by Gasteiger charge is -2.25. The van der Waals surface area contributed by atoms with Crippen LogP contribution in [0.15, 0.2) is 55.9 Å². The van der Waals surface area contributed by atoms with Gasteiger partial charge in [0.1, 0.15) is 0 Å². The molecule has 0 unspecified atom stereocenters. The van der Waals surface area contributed by atoms with Crippen LogP contribution in [0, 0.1) is 10.1 Å². The lowest BCUT2D eigenvalue weighted by molar-refractivity contribution is -0.385. The Balaban J connectivity index is 1.95. The largest absolute Gasteiger partial charge is 0.493 e. The SMILES string of the molecule is CCOC(=O)C1=C(C)N=c2s/c(=C/c3cc(Br)c(OCC)c([N+](=O)[O-])c3)c(=O)n2[C@@H]1c1ccc(OC(C)C)c(OC)c1. The molecule has 1 aromatic heterocycles. The molecule has 0 fully saturated rings. The van der Waals surface area contributed by atoms with Crippen LogP contribution < -0.4 is 29.1 Å². The number of allylic oxidation sites excluding steroid dienone is 1. The summed E-state index contributed by atoms with van der Waals surface area (Å²) in [7, 11) is 1.51. The van der Waals surface area contributed by atoms with Crippen molar-refractivity contribution in [3.8, 4) is 17.2 Å². The summed E-state index contributed by atoms with van der Waals surface area (Å²) in [4.78, 5) is 43.3. The van der Waals surface area contributed by atoms with E-state index in [-0.39, 0.29) is 40.9 Å². The molecule has 0 N–H and O–H groups in total. The topological polar surface area (TPSA) is 131 Å². The summed E-state index contributed by atoms with van der Waals surface area (Å²) in [5.41, 5.74) is 0.970. The summed E-state index contributed by atoms with van der Waals surface area (Å²) in [6.07, 6.45) is 1.45. The van der Waals surface area contributed by atoms with E-state index in [0.717, 1.165) is 11.3 Å². The third-order valence-corrected chi connectivity index (χ3v) is 7.78. The van der Waals surface area contributed by atoms with Crippen LogP contribution in [0.25, 0.3) is 6.08 Å². The van der Waals surface area contributed by atoms with Crippen LogP contribution in [-0.2, 0) is 9.53 Å². The smallest absolute Gasteiger partial charge is 0.338 e. The van der Waals surface area contributed by atoms with Crippen molar-refractivity contribution in [2.24, 2.45) is 4.99 Å². The molecule has 0 spiro atoms. The second-order valence-corrected chi connectivity index (χ2v) is 11.3. The highest BCUT2D eigenvalue weighted by atomic mass is 79.9. The minimum Gasteiger partial charge on any atom is -0.493 e. The molecular weight excluding hydrogens is 630 g/mol. The van der Waals surface area contributed by atoms with E-state index in [9.17, 15) is 19.7 Å². The first kappa shape index (κ1) is 31.0. The number of methoxy groups -OCH3 is 1. The van der Waals surface area contributed by atoms with Gasteiger partial charge in [0.2, 0.25) is 5.75 Å². The van der Waals surface area contributed by atoms with Gasteiger partial charge >= 0.3 is 11.7 Å². The van der Waals surface area contributed by atoms with Crippen molar-refractivity contribution in [2.45, 2.75) is 46.8 Å². The number of rotatable bonds is 10. The molecule has 2 aromatic carbocycles. The van der Waals surface area contributed by atoms with Crippen LogP contribution in [0.1, 0.15) is 51.8 Å². The number of nitro benzene ring substituents is 1. The first-order chi connectivity index (χ1) is 20.0. The lowest BCUT2D eigenvalue weighted by Crippen LogP contribution is -2.40. The summed E-state index contributed by atoms with van der Waals surface area (Å²) in [6, 6.07) is 7.35. The Morgan fingerprint density at radius 3 is 2.57 bits per heavy atom. The van der Waals surface area contributed by atoms with Crippen molar-refractivity contribution in [2.75, 3.05) is 20.3 Å². The number of carbonyl (C=O) groups is 1. The average Bonchev–Trinajstić information content (AvgIpc) is 3.23. The van der Waals surface area contributed by atoms with Crippen LogP contribution >= 0.6 is 27.3 Å². The van der Waals surface area contributed by atoms with Crippen LogP contribution in [0.5, 0.6) is 17.2 Å². The number of carbonyl (C=O) groups excluding carboxylic acids is 1. The van der Waals surface area contributed by atoms with E-state index in [1.165, 1.54) is 17.7 Å². The molecule has 1 aliphatic heterocycles. The molecule has 4 rings (SSSR count). The van der Waals surface area contributed by atoms with Crippen molar-refractivity contribution < 1.29 is 28.7 Å². The van der Waals surface area contributed by atoms with Crippen LogP contribution in [0.4, 0.5) is 5.69 Å². The van der Waals surface area contributed by atoms with Gasteiger partial charge in [0.05, 0.1) is 57.7 Å². The predicted octanol–water partition coefficient (Wildman–Crippen LogP) is 4.66. The Morgan fingerprint density at radius 1 is 1.21 bits per heavy atom. The van der Waals surface area contributed by atoms with Crippen molar-refractivity contribution in [1.82, 2.24) is 4.57 Å². The Labute approximate surface area is 254 Å². The van der Waals surface area contributed by atoms with Gasteiger partial charge in [-0.2, -0.15) is 0 Å². The van der Waals surface area contributed by atoms with Gasteiger partial charge in [-0.25, -0.2) is 9.79 Å². The summed E-state index contributed by atoms with van der Waals surface area (Å²) in [6.45, 7) is 9.30. The van der Waals surface area contributed by atoms with E-state index in [2.05, 4.69) is 20.9 Å². The van der Waals surface area contributed by atoms with E-state index in [4.69, 9.17) is 18.9 Å². The number of thiazole rings is 1. The standard InChI is InChI=1S/C29H30BrN3O8S/c1-7-39-26-19(30)11-17(12-20(26)33(36)37)13-23-27(34)32-25(18-9-10-21(41-15(3)4)22(14-18)38-6)24(28(35)40-8-2)16(5)31-29(32)42-23/h9-15,25H,7-8H2,1-6H3/b23-13+/t25-/m1/s1. The van der Waals surface area contributed by atoms with Crippen molar-refractivity contribution in [3.05, 3.63) is 87.0 Å². The Morgan fingerprint density at radius 2 is 1.95 bits per heavy atom. The maximum Gasteiger partial charge on any atom is 0.338 e. The highest BCUT2D eigenvalue weighted by Crippen LogP contribution is 2.38. The second-order valence-electron chi connectivity index (χ2n) is 9.42. The van der Waals surface area contributed by atoms with E-state index in [1.54, 1.807) is 51.1 Å². The minimum atomic E-state index is -0.870. The van der Waals surface area contributed by atoms with E-state index in [0.29, 0.717) is 37.6 Å². The average molecular weight is 661 g/mol. The third-order valence-electron chi connectivity index (χ3n) is 6.21. The number of fused-ring (bicyclic) bond motifs is 1. The third kappa shape index (κ3) is 6.12. The Kier molecular flexibility index (Phi) is 9.52. The fraction of sp³-hybridized carbons (Fsp3) is 0.345. The zero-order valence-electron chi connectivity index (χ0n) is 23.9. The quantitative estimate of drug-likeness (QED) is 0.174. The molecule has 42 heavy (non-hydrogen) atoms. The zero-order valence-corrected chi connectivity index (χ0v) is 26.3. The fourth-order valence-electron chi connectivity index (χ4n) is 4.57. The number of benzene rings is 2. The molecule has 222 valence electrons. The zero-order chi connectivity index (χ0) is 30.7. The number of esters is 1. The molecule has 0 aliphatic carbocycles. The number of ether oxygens (including phenoxy) is 4. The molecule has 0 radical (unpaired) electrons. The summed E-state index contributed by atoms with van der Waals surface area (Å²) in [5.74, 6) is 0.470. The number of aromatic nitrogens is 1. The van der Waals surface area contributed by atoms with Gasteiger partial charge in [-0.3, -0.25) is 19.5 Å². The molecular formula is C29H30BrN3O8S. The second kappa shape index (κ2) is 12.9. The number of hydrogen-bond donors (Lipinski definition) is 0. The van der Waals surface area contributed by atoms with Crippen molar-refractivity contribution in [1.29, 1.82) is 0 Å². The minimum absolute atomic E-state index is 0.0990. The molecule has 11 nitrogen and oxygen atoms in total. The van der Waals surface area contributed by atoms with Crippen LogP contribution in [0.2, 0.25) is 0 Å². The van der Waals surface area contributed by atoms with Gasteiger partial charge < -0.3 is 18.9 Å². The Hall–Kier alpha value is -3.97. The first-order valence-corrected chi connectivity index (χ1v) is 14.8. The van der Waals surface area contributed by atoms with Crippen molar-refractivity contribution >= 4 is 45.0 Å². The van der Waals surface area contributed by atoms with Gasteiger partial charge in [-0.15, -0.1) is 0 Å². The molecule has 13 heteroatoms. The van der Waals surface area contributed by atoms with Gasteiger partial charge in [0, 0.05) is 6.07 Å². The summed E-state index contributed by atoms with van der Waals surface area (Å²) in [5, 5.41) is 11.7. The molecule has 0 saturated heterocycles. The van der Waals surface area contributed by atoms with E-state index < -0.39 is 22.5 Å². The molecule has 2 heterocycles. The molecule has 3 aromatic rings. The highest BCUT2D eigenvalue weighted by Gasteiger charge is 2.34. The van der Waals surface area contributed by atoms with Gasteiger partial charge in [-0.05, 0) is 86.0 Å². The van der Waals surface area contributed by atoms with Crippen LogP contribution in [0.3, 0.4) is 0 Å². The van der Waals surface area contributed by atoms with Crippen LogP contribution in [-0.4, -0.2) is 41.9 Å². The molecule has 0 bridgehead atoms. The van der Waals surface area contributed by atoms with Gasteiger partial charge in [-0.1, -0.05) is 17.4 Å². The fourth-order valence-corrected chi connectivity index (χ4v) is 6.20. The number of halogens is 1. The maximum atomic E-state index is 14.0. The first-order valence-electron chi connectivity index (χ1n) is 13.2. The van der Waals surface area contributed by atoms with Crippen molar-refractivity contribution in [3.63, 3.8) is 0 Å². The molecule has 0 amide bonds. The van der Waals surface area contributed by atoms with Gasteiger partial charge in [0.25, 0.3) is 5.56 Å². The normalized spacial score (nSPS) is 14.9. The highest BCUT2D eigenvalue weighted by molar-refractivity contribution is 9.10. The van der Waals surface area contributed by atoms with E-state index >= 15 is 0 Å². The van der Waals surface area contributed by atoms with Gasteiger partial charge in [0.15, 0.2) is 16.3 Å². The predicted molar refractivity (Wildman–Crippen MR) is 161 cm³/mol. The van der Waals surface area contributed by atoms with E-state index in [1.807, 2.05) is 13.8 Å². The monoisotopic (exact) mass is 659 g/mol. The molecule has 0 saturated carbocycles.